The van der Waals surface area contributed by atoms with Gasteiger partial charge in [0.05, 0.1) is 11.4 Å². The molecule has 2 amide bonds. The molecule has 0 heterocycles. The third-order valence-corrected chi connectivity index (χ3v) is 4.78. The summed E-state index contributed by atoms with van der Waals surface area (Å²) in [5.74, 6) is -0.443. The standard InChI is InChI=1S/C17H27N3O5S/c1-12-6-7-14(10-13(12)2)26(23,24)20-9-8-18-15(21)11-19-16(22)25-17(3,4)5/h6-7,10,20H,8-9,11H2,1-5H3,(H,18,21)(H,19,22). The second kappa shape index (κ2) is 9.00. The fourth-order valence-electron chi connectivity index (χ4n) is 1.88. The first kappa shape index (κ1) is 21.9. The Morgan fingerprint density at radius 2 is 1.69 bits per heavy atom. The molecule has 0 aromatic heterocycles. The van der Waals surface area contributed by atoms with Gasteiger partial charge < -0.3 is 15.4 Å². The molecule has 9 heteroatoms. The molecule has 0 saturated carbocycles. The molecular formula is C17H27N3O5S. The number of alkyl carbamates (subject to hydrolysis) is 1. The number of nitrogens with one attached hydrogen (secondary N) is 3. The Hall–Kier alpha value is -2.13. The van der Waals surface area contributed by atoms with E-state index < -0.39 is 27.6 Å². The van der Waals surface area contributed by atoms with Gasteiger partial charge in [0.1, 0.15) is 5.60 Å². The van der Waals surface area contributed by atoms with Crippen molar-refractivity contribution in [2.45, 2.75) is 45.1 Å². The molecule has 0 saturated heterocycles. The van der Waals surface area contributed by atoms with Crippen LogP contribution in [0.3, 0.4) is 0 Å². The van der Waals surface area contributed by atoms with Crippen molar-refractivity contribution >= 4 is 22.0 Å². The maximum atomic E-state index is 12.2. The van der Waals surface area contributed by atoms with E-state index in [0.29, 0.717) is 0 Å². The lowest BCUT2D eigenvalue weighted by Crippen LogP contribution is -2.41. The van der Waals surface area contributed by atoms with Crippen LogP contribution in [0.1, 0.15) is 31.9 Å². The molecule has 1 aromatic carbocycles. The molecule has 8 nitrogen and oxygen atoms in total. The number of rotatable bonds is 7. The van der Waals surface area contributed by atoms with Gasteiger partial charge >= 0.3 is 6.09 Å². The van der Waals surface area contributed by atoms with E-state index in [1.165, 1.54) is 6.07 Å². The minimum Gasteiger partial charge on any atom is -0.444 e. The van der Waals surface area contributed by atoms with Gasteiger partial charge in [0.15, 0.2) is 0 Å². The van der Waals surface area contributed by atoms with Gasteiger partial charge in [-0.25, -0.2) is 17.9 Å². The lowest BCUT2D eigenvalue weighted by atomic mass is 10.1. The third kappa shape index (κ3) is 7.83. The van der Waals surface area contributed by atoms with Crippen LogP contribution in [0, 0.1) is 13.8 Å². The predicted molar refractivity (Wildman–Crippen MR) is 98.4 cm³/mol. The maximum absolute atomic E-state index is 12.2. The first-order valence-electron chi connectivity index (χ1n) is 8.21. The minimum absolute atomic E-state index is 0.0352. The normalized spacial score (nSPS) is 11.7. The summed E-state index contributed by atoms with van der Waals surface area (Å²) in [6, 6.07) is 4.88. The molecular weight excluding hydrogens is 358 g/mol. The lowest BCUT2D eigenvalue weighted by Gasteiger charge is -2.19. The van der Waals surface area contributed by atoms with Gasteiger partial charge in [-0.3, -0.25) is 4.79 Å². The molecule has 0 radical (unpaired) electrons. The number of benzene rings is 1. The fraction of sp³-hybridized carbons (Fsp3) is 0.529. The summed E-state index contributed by atoms with van der Waals surface area (Å²) in [6.45, 7) is 8.77. The van der Waals surface area contributed by atoms with Gasteiger partial charge in [-0.15, -0.1) is 0 Å². The summed E-state index contributed by atoms with van der Waals surface area (Å²) in [4.78, 5) is 23.2. The van der Waals surface area contributed by atoms with E-state index in [1.807, 2.05) is 13.8 Å². The molecule has 0 spiro atoms. The van der Waals surface area contributed by atoms with E-state index in [0.717, 1.165) is 11.1 Å². The number of hydrogen-bond acceptors (Lipinski definition) is 5. The van der Waals surface area contributed by atoms with E-state index >= 15 is 0 Å². The number of ether oxygens (including phenoxy) is 1. The van der Waals surface area contributed by atoms with Crippen molar-refractivity contribution in [2.24, 2.45) is 0 Å². The van der Waals surface area contributed by atoms with Gasteiger partial charge in [-0.2, -0.15) is 0 Å². The lowest BCUT2D eigenvalue weighted by molar-refractivity contribution is -0.120. The maximum Gasteiger partial charge on any atom is 0.408 e. The van der Waals surface area contributed by atoms with Crippen LogP contribution in [0.5, 0.6) is 0 Å². The Bertz CT molecular complexity index is 754. The molecule has 146 valence electrons. The summed E-state index contributed by atoms with van der Waals surface area (Å²) in [5.41, 5.74) is 1.25. The highest BCUT2D eigenvalue weighted by Gasteiger charge is 2.17. The number of carbonyl (C=O) groups excluding carboxylic acids is 2. The van der Waals surface area contributed by atoms with Crippen molar-refractivity contribution in [3.05, 3.63) is 29.3 Å². The van der Waals surface area contributed by atoms with Gasteiger partial charge in [0.2, 0.25) is 15.9 Å². The Labute approximate surface area is 154 Å². The SMILES string of the molecule is Cc1ccc(S(=O)(=O)NCCNC(=O)CNC(=O)OC(C)(C)C)cc1C. The fourth-order valence-corrected chi connectivity index (χ4v) is 3.00. The van der Waals surface area contributed by atoms with E-state index in [9.17, 15) is 18.0 Å². The van der Waals surface area contributed by atoms with Crippen LogP contribution < -0.4 is 15.4 Å². The van der Waals surface area contributed by atoms with Gasteiger partial charge in [0.25, 0.3) is 0 Å². The molecule has 0 fully saturated rings. The van der Waals surface area contributed by atoms with Crippen molar-refractivity contribution in [3.8, 4) is 0 Å². The highest BCUT2D eigenvalue weighted by atomic mass is 32.2. The van der Waals surface area contributed by atoms with E-state index in [4.69, 9.17) is 4.74 Å². The number of aryl methyl sites for hydroxylation is 2. The summed E-state index contributed by atoms with van der Waals surface area (Å²) >= 11 is 0. The zero-order valence-electron chi connectivity index (χ0n) is 15.8. The predicted octanol–water partition coefficient (Wildman–Crippen LogP) is 1.22. The number of amides is 2. The van der Waals surface area contributed by atoms with Crippen molar-refractivity contribution < 1.29 is 22.7 Å². The first-order chi connectivity index (χ1) is 11.9. The average molecular weight is 385 g/mol. The number of carbonyl (C=O) groups is 2. The molecule has 0 aliphatic heterocycles. The van der Waals surface area contributed by atoms with Crippen LogP contribution in [0.15, 0.2) is 23.1 Å². The van der Waals surface area contributed by atoms with E-state index in [-0.39, 0.29) is 24.5 Å². The monoisotopic (exact) mass is 385 g/mol. The number of sulfonamides is 1. The average Bonchev–Trinajstić information content (AvgIpc) is 2.50. The summed E-state index contributed by atoms with van der Waals surface area (Å²) in [7, 11) is -3.63. The van der Waals surface area contributed by atoms with Crippen molar-refractivity contribution in [1.29, 1.82) is 0 Å². The summed E-state index contributed by atoms with van der Waals surface area (Å²) < 4.78 is 31.8. The molecule has 1 aromatic rings. The topological polar surface area (TPSA) is 114 Å². The van der Waals surface area contributed by atoms with Crippen LogP contribution >= 0.6 is 0 Å². The van der Waals surface area contributed by atoms with Crippen LogP contribution in [-0.2, 0) is 19.6 Å². The molecule has 0 bridgehead atoms. The largest absolute Gasteiger partial charge is 0.444 e. The van der Waals surface area contributed by atoms with Crippen LogP contribution in [0.25, 0.3) is 0 Å². The zero-order chi connectivity index (χ0) is 20.0. The molecule has 0 unspecified atom stereocenters. The molecule has 3 N–H and O–H groups in total. The van der Waals surface area contributed by atoms with Crippen molar-refractivity contribution in [1.82, 2.24) is 15.4 Å². The van der Waals surface area contributed by atoms with Crippen LogP contribution in [0.4, 0.5) is 4.79 Å². The van der Waals surface area contributed by atoms with Crippen LogP contribution in [-0.4, -0.2) is 45.7 Å². The van der Waals surface area contributed by atoms with Gasteiger partial charge in [-0.05, 0) is 57.9 Å². The smallest absolute Gasteiger partial charge is 0.408 e. The third-order valence-electron chi connectivity index (χ3n) is 3.32. The highest BCUT2D eigenvalue weighted by Crippen LogP contribution is 2.14. The van der Waals surface area contributed by atoms with Gasteiger partial charge in [-0.1, -0.05) is 6.07 Å². The molecule has 0 atom stereocenters. The van der Waals surface area contributed by atoms with E-state index in [1.54, 1.807) is 32.9 Å². The van der Waals surface area contributed by atoms with Crippen molar-refractivity contribution in [2.75, 3.05) is 19.6 Å². The zero-order valence-corrected chi connectivity index (χ0v) is 16.6. The summed E-state index contributed by atoms with van der Waals surface area (Å²) in [6.07, 6.45) is -0.692. The van der Waals surface area contributed by atoms with Crippen molar-refractivity contribution in [3.63, 3.8) is 0 Å². The Morgan fingerprint density at radius 1 is 1.04 bits per heavy atom. The van der Waals surface area contributed by atoms with E-state index in [2.05, 4.69) is 15.4 Å². The second-order valence-electron chi connectivity index (χ2n) is 6.85. The number of hydrogen-bond donors (Lipinski definition) is 3. The quantitative estimate of drug-likeness (QED) is 0.611. The van der Waals surface area contributed by atoms with Gasteiger partial charge in [0, 0.05) is 13.1 Å². The summed E-state index contributed by atoms with van der Waals surface area (Å²) in [5, 5.41) is 4.83. The Balaban J connectivity index is 2.36. The molecule has 26 heavy (non-hydrogen) atoms. The molecule has 1 rings (SSSR count). The second-order valence-corrected chi connectivity index (χ2v) is 8.62. The Kier molecular flexibility index (Phi) is 7.58. The van der Waals surface area contributed by atoms with Crippen LogP contribution in [0.2, 0.25) is 0 Å². The highest BCUT2D eigenvalue weighted by molar-refractivity contribution is 7.89. The molecule has 0 aliphatic rings. The first-order valence-corrected chi connectivity index (χ1v) is 9.69. The molecule has 0 aliphatic carbocycles. The minimum atomic E-state index is -3.63. The Morgan fingerprint density at radius 3 is 2.27 bits per heavy atom.